The normalized spacial score (nSPS) is 28.2. The van der Waals surface area contributed by atoms with Crippen molar-refractivity contribution in [3.63, 3.8) is 0 Å². The van der Waals surface area contributed by atoms with Crippen molar-refractivity contribution in [2.45, 2.75) is 30.4 Å². The predicted octanol–water partition coefficient (Wildman–Crippen LogP) is -0.991. The van der Waals surface area contributed by atoms with Gasteiger partial charge in [0.25, 0.3) is 11.8 Å². The van der Waals surface area contributed by atoms with Crippen LogP contribution in [0.3, 0.4) is 0 Å². The molecular weight excluding hydrogens is 450 g/mol. The number of carbonyl (C=O) groups excluding carboxylic acids is 2. The van der Waals surface area contributed by atoms with Crippen LogP contribution in [0, 0.1) is 0 Å². The number of anilines is 1. The van der Waals surface area contributed by atoms with Gasteiger partial charge in [-0.1, -0.05) is 5.16 Å². The van der Waals surface area contributed by atoms with Crippen LogP contribution < -0.4 is 11.1 Å². The number of amides is 2. The minimum absolute atomic E-state index is 0.0469. The number of nitrogens with one attached hydrogen (secondary N) is 1. The van der Waals surface area contributed by atoms with Crippen molar-refractivity contribution in [2.24, 2.45) is 5.16 Å². The van der Waals surface area contributed by atoms with Crippen LogP contribution in [0.4, 0.5) is 5.13 Å². The van der Waals surface area contributed by atoms with Crippen LogP contribution in [0.15, 0.2) is 21.8 Å². The second kappa shape index (κ2) is 8.36. The first kappa shape index (κ1) is 21.4. The largest absolute Gasteiger partial charge is 0.477 e. The van der Waals surface area contributed by atoms with Gasteiger partial charge in [0, 0.05) is 17.6 Å². The average molecular weight is 470 g/mol. The van der Waals surface area contributed by atoms with Crippen molar-refractivity contribution in [2.75, 3.05) is 25.2 Å². The van der Waals surface area contributed by atoms with Crippen molar-refractivity contribution < 1.29 is 33.3 Å². The fourth-order valence-corrected chi connectivity index (χ4v) is 6.09. The number of aromatic nitrogens is 1. The molecule has 1 aromatic rings. The molecule has 4 heterocycles. The summed E-state index contributed by atoms with van der Waals surface area (Å²) < 4.78 is 18.5. The Hall–Kier alpha value is -2.84. The molecule has 1 unspecified atom stereocenters. The summed E-state index contributed by atoms with van der Waals surface area (Å²) in [5.41, 5.74) is 5.67. The number of hydrogen-bond acceptors (Lipinski definition) is 10. The molecule has 0 aliphatic carbocycles. The number of fused-ring (bicyclic) bond motifs is 1. The van der Waals surface area contributed by atoms with E-state index in [0.717, 1.165) is 22.7 Å². The highest BCUT2D eigenvalue weighted by atomic mass is 32.2. The first-order valence-corrected chi connectivity index (χ1v) is 11.5. The lowest BCUT2D eigenvalue weighted by Gasteiger charge is -2.49. The number of nitrogen functional groups attached to an aromatic ring is 1. The fourth-order valence-electron chi connectivity index (χ4n) is 3.81. The van der Waals surface area contributed by atoms with Gasteiger partial charge in [-0.25, -0.2) is 9.78 Å². The van der Waals surface area contributed by atoms with Crippen LogP contribution in [0.5, 0.6) is 0 Å². The van der Waals surface area contributed by atoms with Gasteiger partial charge in [0.15, 0.2) is 10.8 Å². The Bertz CT molecular complexity index is 1030. The lowest BCUT2D eigenvalue weighted by Crippen LogP contribution is -2.74. The molecule has 3 aliphatic rings. The molecule has 166 valence electrons. The number of rotatable bonds is 6. The number of β-lactam (4-membered cyclic amide) rings is 1. The molecule has 4 rings (SSSR count). The summed E-state index contributed by atoms with van der Waals surface area (Å²) in [6.07, 6.45) is 0.879. The average Bonchev–Trinajstić information content (AvgIpc) is 3.41. The summed E-state index contributed by atoms with van der Waals surface area (Å²) in [5, 5.41) is 16.6. The summed E-state index contributed by atoms with van der Waals surface area (Å²) in [5.74, 6) is -2.80. The molecule has 4 atom stereocenters. The number of carboxylic acid groups (broad SMARTS) is 1. The number of nitrogens with zero attached hydrogens (tertiary/aromatic N) is 3. The lowest BCUT2D eigenvalue weighted by molar-refractivity contribution is -0.150. The van der Waals surface area contributed by atoms with Gasteiger partial charge in [0.1, 0.15) is 29.9 Å². The Labute approximate surface area is 182 Å². The van der Waals surface area contributed by atoms with E-state index in [0.29, 0.717) is 18.6 Å². The zero-order chi connectivity index (χ0) is 22.3. The van der Waals surface area contributed by atoms with Crippen molar-refractivity contribution in [1.82, 2.24) is 15.2 Å². The van der Waals surface area contributed by atoms with Crippen molar-refractivity contribution in [3.8, 4) is 0 Å². The van der Waals surface area contributed by atoms with Gasteiger partial charge in [-0.05, 0) is 12.8 Å². The van der Waals surface area contributed by atoms with Gasteiger partial charge >= 0.3 is 5.97 Å². The van der Waals surface area contributed by atoms with Gasteiger partial charge in [0.05, 0.1) is 22.7 Å². The van der Waals surface area contributed by atoms with E-state index in [1.807, 2.05) is 0 Å². The summed E-state index contributed by atoms with van der Waals surface area (Å²) in [6.45, 7) is 0.479. The predicted molar refractivity (Wildman–Crippen MR) is 109 cm³/mol. The maximum Gasteiger partial charge on any atom is 0.352 e. The highest BCUT2D eigenvalue weighted by Gasteiger charge is 2.58. The monoisotopic (exact) mass is 469 g/mol. The fraction of sp³-hybridized carbons (Fsp3) is 0.471. The number of thiazole rings is 1. The topological polar surface area (TPSA) is 174 Å². The van der Waals surface area contributed by atoms with Gasteiger partial charge < -0.3 is 25.7 Å². The Morgan fingerprint density at radius 3 is 2.87 bits per heavy atom. The number of ether oxygens (including phenoxy) is 1. The van der Waals surface area contributed by atoms with Crippen LogP contribution >= 0.6 is 11.3 Å². The number of nitrogens with two attached hydrogens (primary N) is 1. The maximum atomic E-state index is 12.9. The van der Waals surface area contributed by atoms with E-state index in [1.165, 1.54) is 12.5 Å². The van der Waals surface area contributed by atoms with E-state index >= 15 is 0 Å². The SMILES string of the molecule is CON=C(C(=O)N[C@@H]1C(=O)N2C(C(=O)O)=C(C3CCCO3)C[S@](=O)[C@H]12)c1csc(N)n1. The minimum atomic E-state index is -1.63. The van der Waals surface area contributed by atoms with Crippen LogP contribution in [0.1, 0.15) is 18.5 Å². The third-order valence-corrected chi connectivity index (χ3v) is 7.42. The van der Waals surface area contributed by atoms with Crippen LogP contribution in [-0.2, 0) is 34.8 Å². The van der Waals surface area contributed by atoms with Crippen LogP contribution in [0.2, 0.25) is 0 Å². The quantitative estimate of drug-likeness (QED) is 0.268. The molecule has 4 N–H and O–H groups in total. The zero-order valence-corrected chi connectivity index (χ0v) is 17.9. The second-order valence-electron chi connectivity index (χ2n) is 6.95. The van der Waals surface area contributed by atoms with Gasteiger partial charge in [-0.2, -0.15) is 0 Å². The molecular formula is C17H19N5O7S2. The molecule has 31 heavy (non-hydrogen) atoms. The Balaban J connectivity index is 1.58. The van der Waals surface area contributed by atoms with E-state index in [9.17, 15) is 23.7 Å². The van der Waals surface area contributed by atoms with Crippen molar-refractivity contribution in [3.05, 3.63) is 22.3 Å². The maximum absolute atomic E-state index is 12.9. The lowest BCUT2D eigenvalue weighted by atomic mass is 9.99. The van der Waals surface area contributed by atoms with Gasteiger partial charge in [-0.15, -0.1) is 11.3 Å². The number of oxime groups is 1. The zero-order valence-electron chi connectivity index (χ0n) is 16.3. The standard InChI is InChI=1S/C17H19N5O7S2/c1-28-21-10(8-5-30-17(18)19-8)13(23)20-11-14(24)22-12(16(25)26)7(6-31(27)15(11)22)9-3-2-4-29-9/h5,9,11,15H,2-4,6H2,1H3,(H2,18,19)(H,20,23)(H,25,26)/t9?,11-,15-,31+/m1/s1. The van der Waals surface area contributed by atoms with Gasteiger partial charge in [0.2, 0.25) is 0 Å². The number of carbonyl (C=O) groups is 3. The first-order chi connectivity index (χ1) is 14.8. The number of hydrogen-bond donors (Lipinski definition) is 3. The van der Waals surface area contributed by atoms with Crippen LogP contribution in [-0.4, -0.2) is 79.7 Å². The summed E-state index contributed by atoms with van der Waals surface area (Å²) in [6, 6.07) is -1.17. The first-order valence-electron chi connectivity index (χ1n) is 9.25. The highest BCUT2D eigenvalue weighted by Crippen LogP contribution is 2.38. The van der Waals surface area contributed by atoms with Crippen molar-refractivity contribution >= 4 is 50.8 Å². The number of aliphatic carboxylic acids is 1. The summed E-state index contributed by atoms with van der Waals surface area (Å²) >= 11 is 1.09. The molecule has 0 aromatic carbocycles. The Kier molecular flexibility index (Phi) is 5.77. The molecule has 2 saturated heterocycles. The third kappa shape index (κ3) is 3.70. The Morgan fingerprint density at radius 1 is 1.52 bits per heavy atom. The molecule has 0 spiro atoms. The second-order valence-corrected chi connectivity index (χ2v) is 9.37. The minimum Gasteiger partial charge on any atom is -0.477 e. The van der Waals surface area contributed by atoms with Crippen molar-refractivity contribution in [1.29, 1.82) is 0 Å². The smallest absolute Gasteiger partial charge is 0.352 e. The summed E-state index contributed by atoms with van der Waals surface area (Å²) in [7, 11) is -0.390. The number of carboxylic acids is 1. The molecule has 14 heteroatoms. The molecule has 2 fully saturated rings. The Morgan fingerprint density at radius 2 is 2.29 bits per heavy atom. The molecule has 0 radical (unpaired) electrons. The molecule has 0 saturated carbocycles. The summed E-state index contributed by atoms with van der Waals surface area (Å²) in [4.78, 5) is 47.1. The highest BCUT2D eigenvalue weighted by molar-refractivity contribution is 7.86. The van der Waals surface area contributed by atoms with E-state index in [4.69, 9.17) is 15.3 Å². The van der Waals surface area contributed by atoms with E-state index in [-0.39, 0.29) is 28.0 Å². The molecule has 3 aliphatic heterocycles. The van der Waals surface area contributed by atoms with E-state index in [2.05, 4.69) is 15.5 Å². The molecule has 1 aromatic heterocycles. The molecule has 12 nitrogen and oxygen atoms in total. The molecule has 2 amide bonds. The van der Waals surface area contributed by atoms with Crippen LogP contribution in [0.25, 0.3) is 0 Å². The van der Waals surface area contributed by atoms with Gasteiger partial charge in [-0.3, -0.25) is 18.7 Å². The molecule has 0 bridgehead atoms. The van der Waals surface area contributed by atoms with E-state index < -0.39 is 46.1 Å². The van der Waals surface area contributed by atoms with E-state index in [1.54, 1.807) is 0 Å². The third-order valence-electron chi connectivity index (χ3n) is 5.13.